The van der Waals surface area contributed by atoms with Crippen molar-refractivity contribution in [3.63, 3.8) is 0 Å². The normalized spacial score (nSPS) is 22.5. The molecule has 0 spiro atoms. The van der Waals surface area contributed by atoms with Crippen molar-refractivity contribution in [2.75, 3.05) is 6.61 Å². The van der Waals surface area contributed by atoms with Gasteiger partial charge in [-0.2, -0.15) is 0 Å². The fourth-order valence-electron chi connectivity index (χ4n) is 4.60. The number of nitro benzene ring substituents is 1. The average Bonchev–Trinajstić information content (AvgIpc) is 3.21. The lowest BCUT2D eigenvalue weighted by Crippen LogP contribution is -2.18. The number of carbonyl (C=O) groups excluding carboxylic acids is 2. The summed E-state index contributed by atoms with van der Waals surface area (Å²) in [5.41, 5.74) is 2.02. The predicted octanol–water partition coefficient (Wildman–Crippen LogP) is 5.02. The lowest BCUT2D eigenvalue weighted by molar-refractivity contribution is -0.386. The maximum absolute atomic E-state index is 12.6. The van der Waals surface area contributed by atoms with Gasteiger partial charge in [0, 0.05) is 17.2 Å². The van der Waals surface area contributed by atoms with Gasteiger partial charge in [-0.3, -0.25) is 14.9 Å². The van der Waals surface area contributed by atoms with Crippen LogP contribution in [0, 0.1) is 22.0 Å². The Bertz CT molecular complexity index is 1070. The number of fused-ring (bicyclic) bond motifs is 3. The molecule has 0 N–H and O–H groups in total. The van der Waals surface area contributed by atoms with E-state index in [0.717, 1.165) is 12.8 Å². The Morgan fingerprint density at radius 1 is 1.19 bits per heavy atom. The Labute approximate surface area is 181 Å². The number of hydrogen-bond donors (Lipinski definition) is 0. The molecular formula is C23H22BNO6. The second-order valence-corrected chi connectivity index (χ2v) is 8.38. The molecule has 2 aromatic carbocycles. The summed E-state index contributed by atoms with van der Waals surface area (Å²) in [5.74, 6) is 0.389. The third-order valence-corrected chi connectivity index (χ3v) is 6.28. The van der Waals surface area contributed by atoms with E-state index in [1.54, 1.807) is 37.3 Å². The van der Waals surface area contributed by atoms with Crippen LogP contribution in [0.15, 0.2) is 36.4 Å². The Morgan fingerprint density at radius 3 is 2.55 bits per heavy atom. The second kappa shape index (κ2) is 8.17. The molecule has 158 valence electrons. The van der Waals surface area contributed by atoms with Crippen molar-refractivity contribution >= 4 is 25.5 Å². The van der Waals surface area contributed by atoms with E-state index in [-0.39, 0.29) is 40.9 Å². The van der Waals surface area contributed by atoms with E-state index < -0.39 is 17.2 Å². The molecule has 0 amide bonds. The van der Waals surface area contributed by atoms with Crippen molar-refractivity contribution in [1.82, 2.24) is 0 Å². The van der Waals surface area contributed by atoms with Crippen LogP contribution in [0.1, 0.15) is 54.3 Å². The van der Waals surface area contributed by atoms with Gasteiger partial charge in [0.15, 0.2) is 5.78 Å². The molecule has 2 aliphatic rings. The van der Waals surface area contributed by atoms with Crippen molar-refractivity contribution in [1.29, 1.82) is 0 Å². The summed E-state index contributed by atoms with van der Waals surface area (Å²) in [7, 11) is 5.95. The summed E-state index contributed by atoms with van der Waals surface area (Å²) in [6.07, 6.45) is -0.134. The van der Waals surface area contributed by atoms with Crippen molar-refractivity contribution in [3.8, 4) is 11.1 Å². The summed E-state index contributed by atoms with van der Waals surface area (Å²) in [6, 6.07) is 9.86. The maximum Gasteiger partial charge on any atom is 0.508 e. The molecule has 2 radical (unpaired) electrons. The Kier molecular flexibility index (Phi) is 5.56. The zero-order valence-corrected chi connectivity index (χ0v) is 17.4. The SMILES string of the molecule is [B][C@H]1CC(C)[C@@H](COC(=O)OC(C)c2cc3c(cc2[N+](=O)[O-])C(=O)c2ccccc2-3)C1. The summed E-state index contributed by atoms with van der Waals surface area (Å²) in [4.78, 5) is 36.0. The molecule has 0 aliphatic heterocycles. The van der Waals surface area contributed by atoms with Crippen LogP contribution in [-0.2, 0) is 9.47 Å². The van der Waals surface area contributed by atoms with E-state index in [1.165, 1.54) is 6.07 Å². The number of ether oxygens (including phenoxy) is 2. The average molecular weight is 419 g/mol. The molecule has 7 nitrogen and oxygen atoms in total. The zero-order valence-electron chi connectivity index (χ0n) is 17.4. The number of nitro groups is 1. The lowest BCUT2D eigenvalue weighted by Gasteiger charge is -2.18. The first kappa shape index (κ1) is 21.1. The fourth-order valence-corrected chi connectivity index (χ4v) is 4.60. The minimum atomic E-state index is -0.927. The monoisotopic (exact) mass is 419 g/mol. The van der Waals surface area contributed by atoms with Gasteiger partial charge in [0.2, 0.25) is 0 Å². The minimum absolute atomic E-state index is 0.109. The number of ketones is 1. The minimum Gasteiger partial charge on any atom is -0.434 e. The van der Waals surface area contributed by atoms with E-state index in [1.807, 2.05) is 0 Å². The first-order valence-corrected chi connectivity index (χ1v) is 10.3. The van der Waals surface area contributed by atoms with Gasteiger partial charge in [-0.05, 0) is 36.0 Å². The van der Waals surface area contributed by atoms with Crippen LogP contribution in [0.5, 0.6) is 0 Å². The molecule has 1 fully saturated rings. The van der Waals surface area contributed by atoms with Crippen molar-refractivity contribution in [3.05, 3.63) is 63.2 Å². The number of rotatable bonds is 5. The third kappa shape index (κ3) is 3.94. The molecule has 0 aromatic heterocycles. The molecule has 2 aromatic rings. The van der Waals surface area contributed by atoms with Crippen LogP contribution in [0.3, 0.4) is 0 Å². The van der Waals surface area contributed by atoms with Crippen molar-refractivity contribution < 1.29 is 24.0 Å². The summed E-state index contributed by atoms with van der Waals surface area (Å²) in [6.45, 7) is 3.82. The van der Waals surface area contributed by atoms with Gasteiger partial charge in [0.05, 0.1) is 24.9 Å². The quantitative estimate of drug-likeness (QED) is 0.249. The second-order valence-electron chi connectivity index (χ2n) is 8.38. The summed E-state index contributed by atoms with van der Waals surface area (Å²) in [5, 5.41) is 11.7. The van der Waals surface area contributed by atoms with Crippen LogP contribution in [0.25, 0.3) is 11.1 Å². The number of benzene rings is 2. The van der Waals surface area contributed by atoms with Gasteiger partial charge in [-0.25, -0.2) is 4.79 Å². The Hall–Kier alpha value is -3.16. The number of nitrogens with zero attached hydrogens (tertiary/aromatic N) is 1. The highest BCUT2D eigenvalue weighted by molar-refractivity contribution is 6.22. The molecular weight excluding hydrogens is 397 g/mol. The van der Waals surface area contributed by atoms with Gasteiger partial charge in [-0.15, -0.1) is 0 Å². The third-order valence-electron chi connectivity index (χ3n) is 6.28. The lowest BCUT2D eigenvalue weighted by atomic mass is 9.85. The highest BCUT2D eigenvalue weighted by Crippen LogP contribution is 2.42. The van der Waals surface area contributed by atoms with Gasteiger partial charge in [-0.1, -0.05) is 49.8 Å². The molecule has 2 unspecified atom stereocenters. The van der Waals surface area contributed by atoms with E-state index in [0.29, 0.717) is 22.6 Å². The Morgan fingerprint density at radius 2 is 1.90 bits per heavy atom. The largest absolute Gasteiger partial charge is 0.508 e. The van der Waals surface area contributed by atoms with Crippen LogP contribution in [0.4, 0.5) is 10.5 Å². The van der Waals surface area contributed by atoms with E-state index in [4.69, 9.17) is 17.3 Å². The number of carbonyl (C=O) groups is 2. The first-order valence-electron chi connectivity index (χ1n) is 10.3. The summed E-state index contributed by atoms with van der Waals surface area (Å²) < 4.78 is 10.6. The van der Waals surface area contributed by atoms with Gasteiger partial charge in [0.25, 0.3) is 5.69 Å². The van der Waals surface area contributed by atoms with Gasteiger partial charge in [0.1, 0.15) is 6.10 Å². The Balaban J connectivity index is 1.54. The topological polar surface area (TPSA) is 95.7 Å². The molecule has 8 heteroatoms. The van der Waals surface area contributed by atoms with Crippen molar-refractivity contribution in [2.24, 2.45) is 11.8 Å². The van der Waals surface area contributed by atoms with Crippen LogP contribution in [0.2, 0.25) is 5.82 Å². The first-order chi connectivity index (χ1) is 14.8. The highest BCUT2D eigenvalue weighted by atomic mass is 16.7. The molecule has 4 atom stereocenters. The molecule has 0 heterocycles. The highest BCUT2D eigenvalue weighted by Gasteiger charge is 2.33. The standard InChI is InChI=1S/C23H22BNO6/c1-12-7-15(24)8-14(12)11-30-23(27)31-13(2)18-9-19-16-5-3-4-6-17(16)22(26)20(19)10-21(18)25(28)29/h3-6,9-10,12-15H,7-8,11H2,1-2H3/t12?,13?,14-,15+/m1/s1. The van der Waals surface area contributed by atoms with E-state index in [9.17, 15) is 19.7 Å². The van der Waals surface area contributed by atoms with Crippen LogP contribution < -0.4 is 0 Å². The molecule has 0 saturated heterocycles. The van der Waals surface area contributed by atoms with Gasteiger partial charge < -0.3 is 9.47 Å². The predicted molar refractivity (Wildman–Crippen MR) is 114 cm³/mol. The fraction of sp³-hybridized carbons (Fsp3) is 0.391. The molecule has 1 saturated carbocycles. The molecule has 31 heavy (non-hydrogen) atoms. The van der Waals surface area contributed by atoms with Gasteiger partial charge >= 0.3 is 6.16 Å². The van der Waals surface area contributed by atoms with Crippen molar-refractivity contribution in [2.45, 2.75) is 38.6 Å². The molecule has 0 bridgehead atoms. The van der Waals surface area contributed by atoms with Crippen LogP contribution >= 0.6 is 0 Å². The smallest absolute Gasteiger partial charge is 0.434 e. The maximum atomic E-state index is 12.6. The number of hydrogen-bond acceptors (Lipinski definition) is 6. The van der Waals surface area contributed by atoms with Crippen LogP contribution in [-0.4, -0.2) is 31.3 Å². The van der Waals surface area contributed by atoms with E-state index in [2.05, 4.69) is 6.92 Å². The molecule has 4 rings (SSSR count). The zero-order chi connectivity index (χ0) is 22.3. The molecule has 2 aliphatic carbocycles. The summed E-state index contributed by atoms with van der Waals surface area (Å²) >= 11 is 0. The van der Waals surface area contributed by atoms with E-state index >= 15 is 0 Å².